The van der Waals surface area contributed by atoms with Gasteiger partial charge in [0.25, 0.3) is 0 Å². The maximum atomic E-state index is 9.49. The highest BCUT2D eigenvalue weighted by Crippen LogP contribution is 2.28. The van der Waals surface area contributed by atoms with Crippen LogP contribution in [0.3, 0.4) is 0 Å². The summed E-state index contributed by atoms with van der Waals surface area (Å²) in [7, 11) is 1.96. The van der Waals surface area contributed by atoms with Crippen LogP contribution >= 0.6 is 11.8 Å². The van der Waals surface area contributed by atoms with E-state index >= 15 is 0 Å². The molecule has 0 aliphatic carbocycles. The SMILES string of the molecule is CCC1C[C@@H](C)SC(N(C)[C@H](C)O)N1. The van der Waals surface area contributed by atoms with Crippen LogP contribution in [0, 0.1) is 0 Å². The summed E-state index contributed by atoms with van der Waals surface area (Å²) in [5.74, 6) is 0. The Morgan fingerprint density at radius 3 is 2.79 bits per heavy atom. The standard InChI is InChI=1S/C10H22N2OS/c1-5-9-6-7(2)14-10(11-9)12(4)8(3)13/h7-11,13H,5-6H2,1-4H3/t7-,8+,9?,10?/m1/s1. The van der Waals surface area contributed by atoms with Crippen molar-refractivity contribution >= 4 is 11.8 Å². The van der Waals surface area contributed by atoms with Gasteiger partial charge in [-0.25, -0.2) is 0 Å². The molecule has 0 spiro atoms. The van der Waals surface area contributed by atoms with Crippen molar-refractivity contribution in [3.8, 4) is 0 Å². The first-order valence-corrected chi connectivity index (χ1v) is 6.30. The lowest BCUT2D eigenvalue weighted by atomic mass is 10.1. The predicted molar refractivity (Wildman–Crippen MR) is 62.1 cm³/mol. The largest absolute Gasteiger partial charge is 0.379 e. The fourth-order valence-corrected chi connectivity index (χ4v) is 3.10. The highest BCUT2D eigenvalue weighted by atomic mass is 32.2. The molecule has 1 aliphatic heterocycles. The molecule has 2 unspecified atom stereocenters. The van der Waals surface area contributed by atoms with Gasteiger partial charge in [-0.3, -0.25) is 10.2 Å². The van der Waals surface area contributed by atoms with Gasteiger partial charge in [0.2, 0.25) is 0 Å². The van der Waals surface area contributed by atoms with Gasteiger partial charge in [-0.05, 0) is 26.8 Å². The first kappa shape index (κ1) is 12.3. The normalized spacial score (nSPS) is 36.0. The van der Waals surface area contributed by atoms with Crippen molar-refractivity contribution in [2.75, 3.05) is 7.05 Å². The molecule has 1 fully saturated rings. The summed E-state index contributed by atoms with van der Waals surface area (Å²) in [4.78, 5) is 1.98. The number of nitrogens with zero attached hydrogens (tertiary/aromatic N) is 1. The molecule has 14 heavy (non-hydrogen) atoms. The Morgan fingerprint density at radius 1 is 1.64 bits per heavy atom. The Balaban J connectivity index is 2.52. The highest BCUT2D eigenvalue weighted by molar-refractivity contribution is 8.00. The zero-order valence-electron chi connectivity index (χ0n) is 9.53. The molecule has 3 nitrogen and oxygen atoms in total. The minimum absolute atomic E-state index is 0.253. The topological polar surface area (TPSA) is 35.5 Å². The maximum absolute atomic E-state index is 9.49. The number of hydrogen-bond donors (Lipinski definition) is 2. The molecule has 0 radical (unpaired) electrons. The molecule has 2 N–H and O–H groups in total. The molecule has 84 valence electrons. The van der Waals surface area contributed by atoms with Gasteiger partial charge in [0.15, 0.2) is 0 Å². The van der Waals surface area contributed by atoms with Crippen LogP contribution < -0.4 is 5.32 Å². The Hall–Kier alpha value is 0.230. The molecule has 0 aromatic rings. The van der Waals surface area contributed by atoms with Gasteiger partial charge < -0.3 is 5.11 Å². The minimum atomic E-state index is -0.386. The summed E-state index contributed by atoms with van der Waals surface area (Å²) in [6.45, 7) is 6.28. The van der Waals surface area contributed by atoms with E-state index in [9.17, 15) is 5.11 Å². The summed E-state index contributed by atoms with van der Waals surface area (Å²) in [5.41, 5.74) is 0.253. The molecule has 0 bridgehead atoms. The average molecular weight is 218 g/mol. The van der Waals surface area contributed by atoms with Gasteiger partial charge in [-0.1, -0.05) is 13.8 Å². The van der Waals surface area contributed by atoms with Crippen molar-refractivity contribution in [2.24, 2.45) is 0 Å². The fraction of sp³-hybridized carbons (Fsp3) is 1.00. The smallest absolute Gasteiger partial charge is 0.110 e. The maximum Gasteiger partial charge on any atom is 0.110 e. The van der Waals surface area contributed by atoms with Crippen molar-refractivity contribution in [1.82, 2.24) is 10.2 Å². The quantitative estimate of drug-likeness (QED) is 0.703. The lowest BCUT2D eigenvalue weighted by Crippen LogP contribution is -2.53. The van der Waals surface area contributed by atoms with Gasteiger partial charge in [-0.2, -0.15) is 0 Å². The molecule has 0 saturated carbocycles. The third-order valence-electron chi connectivity index (χ3n) is 2.81. The molecule has 1 saturated heterocycles. The number of hydrogen-bond acceptors (Lipinski definition) is 4. The molecule has 4 heteroatoms. The number of aliphatic hydroxyl groups is 1. The number of thioether (sulfide) groups is 1. The van der Waals surface area contributed by atoms with E-state index in [1.807, 2.05) is 30.6 Å². The first-order valence-electron chi connectivity index (χ1n) is 5.36. The van der Waals surface area contributed by atoms with E-state index in [0.717, 1.165) is 6.42 Å². The van der Waals surface area contributed by atoms with Crippen molar-refractivity contribution in [1.29, 1.82) is 0 Å². The van der Waals surface area contributed by atoms with Crippen LogP contribution in [0.15, 0.2) is 0 Å². The summed E-state index contributed by atoms with van der Waals surface area (Å²) >= 11 is 1.90. The lowest BCUT2D eigenvalue weighted by Gasteiger charge is -2.39. The zero-order chi connectivity index (χ0) is 10.7. The van der Waals surface area contributed by atoms with Crippen LogP contribution in [0.5, 0.6) is 0 Å². The van der Waals surface area contributed by atoms with E-state index in [1.165, 1.54) is 6.42 Å². The summed E-state index contributed by atoms with van der Waals surface area (Å²) < 4.78 is 0. The predicted octanol–water partition coefficient (Wildman–Crippen LogP) is 1.43. The van der Waals surface area contributed by atoms with E-state index in [1.54, 1.807) is 0 Å². The molecule has 1 rings (SSSR count). The molecule has 0 amide bonds. The van der Waals surface area contributed by atoms with Gasteiger partial charge in [0.1, 0.15) is 11.7 Å². The van der Waals surface area contributed by atoms with Gasteiger partial charge in [-0.15, -0.1) is 11.8 Å². The minimum Gasteiger partial charge on any atom is -0.379 e. The molecule has 1 heterocycles. The van der Waals surface area contributed by atoms with Gasteiger partial charge >= 0.3 is 0 Å². The fourth-order valence-electron chi connectivity index (χ4n) is 1.68. The highest BCUT2D eigenvalue weighted by Gasteiger charge is 2.29. The summed E-state index contributed by atoms with van der Waals surface area (Å²) in [6.07, 6.45) is 2.00. The van der Waals surface area contributed by atoms with E-state index in [2.05, 4.69) is 19.2 Å². The van der Waals surface area contributed by atoms with E-state index in [4.69, 9.17) is 0 Å². The number of aliphatic hydroxyl groups excluding tert-OH is 1. The molecule has 0 aromatic carbocycles. The van der Waals surface area contributed by atoms with Gasteiger partial charge in [0, 0.05) is 11.3 Å². The van der Waals surface area contributed by atoms with Crippen LogP contribution in [0.2, 0.25) is 0 Å². The van der Waals surface area contributed by atoms with Crippen LogP contribution in [0.25, 0.3) is 0 Å². The average Bonchev–Trinajstić information content (AvgIpc) is 2.15. The summed E-state index contributed by atoms with van der Waals surface area (Å²) in [5, 5.41) is 13.7. The Labute approximate surface area is 91.2 Å². The Bertz CT molecular complexity index is 178. The van der Waals surface area contributed by atoms with Crippen molar-refractivity contribution in [3.05, 3.63) is 0 Å². The monoisotopic (exact) mass is 218 g/mol. The Morgan fingerprint density at radius 2 is 2.29 bits per heavy atom. The molecular formula is C10H22N2OS. The van der Waals surface area contributed by atoms with Gasteiger partial charge in [0.05, 0.1) is 0 Å². The number of rotatable bonds is 3. The third-order valence-corrected chi connectivity index (χ3v) is 4.19. The van der Waals surface area contributed by atoms with E-state index in [0.29, 0.717) is 11.3 Å². The third kappa shape index (κ3) is 3.12. The van der Waals surface area contributed by atoms with E-state index < -0.39 is 0 Å². The van der Waals surface area contributed by atoms with Crippen LogP contribution in [-0.2, 0) is 0 Å². The van der Waals surface area contributed by atoms with Crippen molar-refractivity contribution < 1.29 is 5.11 Å². The second-order valence-corrected chi connectivity index (χ2v) is 5.63. The van der Waals surface area contributed by atoms with Crippen LogP contribution in [-0.4, -0.2) is 40.1 Å². The lowest BCUT2D eigenvalue weighted by molar-refractivity contribution is 0.0187. The molecule has 4 atom stereocenters. The summed E-state index contributed by atoms with van der Waals surface area (Å²) in [6, 6.07) is 0.595. The van der Waals surface area contributed by atoms with Crippen molar-refractivity contribution in [2.45, 2.75) is 56.6 Å². The van der Waals surface area contributed by atoms with E-state index in [-0.39, 0.29) is 11.7 Å². The van der Waals surface area contributed by atoms with Crippen LogP contribution in [0.4, 0.5) is 0 Å². The molecule has 1 aliphatic rings. The number of nitrogens with one attached hydrogen (secondary N) is 1. The zero-order valence-corrected chi connectivity index (χ0v) is 10.3. The molecule has 0 aromatic heterocycles. The molecular weight excluding hydrogens is 196 g/mol. The Kier molecular flexibility index (Phi) is 4.70. The first-order chi connectivity index (χ1) is 6.54. The second kappa shape index (κ2) is 5.35. The second-order valence-electron chi connectivity index (χ2n) is 4.10. The van der Waals surface area contributed by atoms with Crippen molar-refractivity contribution in [3.63, 3.8) is 0 Å². The van der Waals surface area contributed by atoms with Crippen LogP contribution in [0.1, 0.15) is 33.6 Å².